The largest absolute Gasteiger partial charge is 0.393 e. The molecule has 0 aliphatic rings. The van der Waals surface area contributed by atoms with Crippen molar-refractivity contribution in [2.24, 2.45) is 0 Å². The summed E-state index contributed by atoms with van der Waals surface area (Å²) in [5, 5.41) is 11.9. The zero-order chi connectivity index (χ0) is 13.0. The molecule has 7 heteroatoms. The summed E-state index contributed by atoms with van der Waals surface area (Å²) < 4.78 is 6.78. The quantitative estimate of drug-likeness (QED) is 0.788. The van der Waals surface area contributed by atoms with Crippen molar-refractivity contribution in [3.8, 4) is 6.07 Å². The van der Waals surface area contributed by atoms with Crippen LogP contribution in [0, 0.1) is 11.3 Å². The topological polar surface area (TPSA) is 88.7 Å². The molecular weight excluding hydrogens is 232 g/mol. The minimum Gasteiger partial charge on any atom is -0.393 e. The van der Waals surface area contributed by atoms with Crippen molar-refractivity contribution in [3.05, 3.63) is 24.5 Å². The van der Waals surface area contributed by atoms with Crippen molar-refractivity contribution in [3.63, 3.8) is 0 Å². The number of aromatic nitrogens is 4. The molecule has 2 heterocycles. The first kappa shape index (κ1) is 12.0. The van der Waals surface area contributed by atoms with Crippen LogP contribution in [-0.2, 0) is 11.5 Å². The maximum atomic E-state index is 9.10. The standard InChI is InChI=1S/C11H12N6O/c1-13-4-8(3-12)9-10-11(15-5-14-9)17(6-16-10)7-18-2/h4-6,13H,7H2,1-2H3/b8-4+. The Labute approximate surface area is 104 Å². The highest BCUT2D eigenvalue weighted by atomic mass is 16.5. The van der Waals surface area contributed by atoms with Gasteiger partial charge in [-0.2, -0.15) is 5.26 Å². The van der Waals surface area contributed by atoms with Crippen molar-refractivity contribution in [2.45, 2.75) is 6.73 Å². The smallest absolute Gasteiger partial charge is 0.165 e. The number of methoxy groups -OCH3 is 1. The SMILES string of the molecule is CN/C=C(\C#N)c1ncnc2c1ncn2COC. The zero-order valence-electron chi connectivity index (χ0n) is 10.1. The van der Waals surface area contributed by atoms with Gasteiger partial charge in [0.1, 0.15) is 30.3 Å². The minimum atomic E-state index is 0.352. The van der Waals surface area contributed by atoms with Crippen LogP contribution in [0.3, 0.4) is 0 Å². The Balaban J connectivity index is 2.60. The molecule has 0 unspecified atom stereocenters. The average Bonchev–Trinajstić information content (AvgIpc) is 2.80. The molecule has 1 N–H and O–H groups in total. The number of fused-ring (bicyclic) bond motifs is 1. The Morgan fingerprint density at radius 1 is 1.56 bits per heavy atom. The predicted molar refractivity (Wildman–Crippen MR) is 65.0 cm³/mol. The van der Waals surface area contributed by atoms with E-state index in [1.54, 1.807) is 31.3 Å². The molecule has 0 aromatic carbocycles. The predicted octanol–water partition coefficient (Wildman–Crippen LogP) is 0.514. The summed E-state index contributed by atoms with van der Waals surface area (Å²) >= 11 is 0. The van der Waals surface area contributed by atoms with Crippen LogP contribution in [0.15, 0.2) is 18.9 Å². The number of allylic oxidation sites excluding steroid dienone is 1. The van der Waals surface area contributed by atoms with E-state index in [2.05, 4.69) is 26.3 Å². The van der Waals surface area contributed by atoms with E-state index in [0.717, 1.165) is 0 Å². The molecule has 0 fully saturated rings. The summed E-state index contributed by atoms with van der Waals surface area (Å²) in [4.78, 5) is 12.5. The number of nitrogens with zero attached hydrogens (tertiary/aromatic N) is 5. The second-order valence-corrected chi connectivity index (χ2v) is 3.49. The van der Waals surface area contributed by atoms with Gasteiger partial charge >= 0.3 is 0 Å². The van der Waals surface area contributed by atoms with Crippen molar-refractivity contribution < 1.29 is 4.74 Å². The lowest BCUT2D eigenvalue weighted by molar-refractivity contribution is 0.134. The second kappa shape index (κ2) is 5.25. The van der Waals surface area contributed by atoms with Gasteiger partial charge in [0.2, 0.25) is 0 Å². The van der Waals surface area contributed by atoms with Gasteiger partial charge in [-0.05, 0) is 0 Å². The fourth-order valence-electron chi connectivity index (χ4n) is 1.61. The first-order valence-electron chi connectivity index (χ1n) is 5.24. The van der Waals surface area contributed by atoms with E-state index in [4.69, 9.17) is 10.00 Å². The lowest BCUT2D eigenvalue weighted by Gasteiger charge is -2.02. The number of imidazole rings is 1. The fraction of sp³-hybridized carbons (Fsp3) is 0.273. The molecule has 0 spiro atoms. The van der Waals surface area contributed by atoms with Crippen LogP contribution in [0.1, 0.15) is 5.69 Å². The maximum Gasteiger partial charge on any atom is 0.165 e. The third kappa shape index (κ3) is 2.01. The molecule has 2 aromatic rings. The molecule has 7 nitrogen and oxygen atoms in total. The molecular formula is C11H12N6O. The molecule has 92 valence electrons. The van der Waals surface area contributed by atoms with Crippen molar-refractivity contribution in [1.82, 2.24) is 24.8 Å². The summed E-state index contributed by atoms with van der Waals surface area (Å²) in [6.45, 7) is 0.352. The van der Waals surface area contributed by atoms with E-state index >= 15 is 0 Å². The second-order valence-electron chi connectivity index (χ2n) is 3.49. The van der Waals surface area contributed by atoms with Crippen LogP contribution < -0.4 is 5.32 Å². The van der Waals surface area contributed by atoms with Gasteiger partial charge < -0.3 is 10.1 Å². The third-order valence-corrected chi connectivity index (χ3v) is 2.33. The number of ether oxygens (including phenoxy) is 1. The van der Waals surface area contributed by atoms with Crippen LogP contribution in [0.25, 0.3) is 16.7 Å². The van der Waals surface area contributed by atoms with E-state index in [9.17, 15) is 0 Å². The van der Waals surface area contributed by atoms with E-state index in [1.165, 1.54) is 6.33 Å². The Morgan fingerprint density at radius 3 is 3.06 bits per heavy atom. The van der Waals surface area contributed by atoms with Crippen LogP contribution in [-0.4, -0.2) is 33.7 Å². The van der Waals surface area contributed by atoms with Gasteiger partial charge in [-0.25, -0.2) is 15.0 Å². The van der Waals surface area contributed by atoms with Gasteiger partial charge in [-0.3, -0.25) is 4.57 Å². The van der Waals surface area contributed by atoms with Gasteiger partial charge in [0.25, 0.3) is 0 Å². The number of hydrogen-bond donors (Lipinski definition) is 1. The molecule has 0 aliphatic heterocycles. The average molecular weight is 244 g/mol. The summed E-state index contributed by atoms with van der Waals surface area (Å²) in [5.41, 5.74) is 2.14. The molecule has 2 rings (SSSR count). The van der Waals surface area contributed by atoms with Gasteiger partial charge in [-0.1, -0.05) is 0 Å². The van der Waals surface area contributed by atoms with Crippen molar-refractivity contribution >= 4 is 16.7 Å². The monoisotopic (exact) mass is 244 g/mol. The van der Waals surface area contributed by atoms with Crippen LogP contribution in [0.5, 0.6) is 0 Å². The molecule has 18 heavy (non-hydrogen) atoms. The molecule has 0 bridgehead atoms. The number of nitriles is 1. The van der Waals surface area contributed by atoms with Crippen molar-refractivity contribution in [2.75, 3.05) is 14.2 Å². The fourth-order valence-corrected chi connectivity index (χ4v) is 1.61. The maximum absolute atomic E-state index is 9.10. The highest BCUT2D eigenvalue weighted by Gasteiger charge is 2.13. The van der Waals surface area contributed by atoms with E-state index in [-0.39, 0.29) is 0 Å². The first-order valence-corrected chi connectivity index (χ1v) is 5.24. The number of rotatable bonds is 4. The lowest BCUT2D eigenvalue weighted by atomic mass is 10.2. The van der Waals surface area contributed by atoms with Crippen LogP contribution in [0.2, 0.25) is 0 Å². The summed E-state index contributed by atoms with van der Waals surface area (Å²) in [6, 6.07) is 2.08. The minimum absolute atomic E-state index is 0.352. The Bertz CT molecular complexity index is 624. The highest BCUT2D eigenvalue weighted by molar-refractivity contribution is 5.89. The molecule has 0 amide bonds. The van der Waals surface area contributed by atoms with E-state index in [0.29, 0.717) is 29.2 Å². The molecule has 2 aromatic heterocycles. The summed E-state index contributed by atoms with van der Waals surface area (Å²) in [7, 11) is 3.31. The van der Waals surface area contributed by atoms with Gasteiger partial charge in [0, 0.05) is 20.4 Å². The first-order chi connectivity index (χ1) is 8.81. The Hall–Kier alpha value is -2.46. The normalized spacial score (nSPS) is 11.5. The summed E-state index contributed by atoms with van der Waals surface area (Å²) in [6.07, 6.45) is 4.60. The Morgan fingerprint density at radius 2 is 2.39 bits per heavy atom. The van der Waals surface area contributed by atoms with E-state index in [1.807, 2.05) is 0 Å². The molecule has 0 radical (unpaired) electrons. The molecule has 0 saturated carbocycles. The third-order valence-electron chi connectivity index (χ3n) is 2.33. The van der Waals surface area contributed by atoms with Gasteiger partial charge in [0.15, 0.2) is 5.65 Å². The number of hydrogen-bond acceptors (Lipinski definition) is 6. The van der Waals surface area contributed by atoms with Gasteiger partial charge in [0.05, 0.1) is 11.9 Å². The summed E-state index contributed by atoms with van der Waals surface area (Å²) in [5.74, 6) is 0. The lowest BCUT2D eigenvalue weighted by Crippen LogP contribution is -2.01. The van der Waals surface area contributed by atoms with Crippen LogP contribution in [0.4, 0.5) is 0 Å². The molecule has 0 aliphatic carbocycles. The Kier molecular flexibility index (Phi) is 3.50. The van der Waals surface area contributed by atoms with Crippen LogP contribution >= 0.6 is 0 Å². The molecule has 0 saturated heterocycles. The highest BCUT2D eigenvalue weighted by Crippen LogP contribution is 2.19. The zero-order valence-corrected chi connectivity index (χ0v) is 10.1. The van der Waals surface area contributed by atoms with Gasteiger partial charge in [-0.15, -0.1) is 0 Å². The van der Waals surface area contributed by atoms with Crippen molar-refractivity contribution in [1.29, 1.82) is 5.26 Å². The number of nitrogens with one attached hydrogen (secondary N) is 1. The molecule has 0 atom stereocenters. The van der Waals surface area contributed by atoms with E-state index < -0.39 is 0 Å².